The molecule has 3 heterocycles. The number of H-pyrrole nitrogens is 1. The summed E-state index contributed by atoms with van der Waals surface area (Å²) in [6, 6.07) is 15.0. The van der Waals surface area contributed by atoms with Gasteiger partial charge >= 0.3 is 0 Å². The molecule has 30 heavy (non-hydrogen) atoms. The van der Waals surface area contributed by atoms with E-state index in [0.717, 1.165) is 28.2 Å². The maximum atomic E-state index is 12.6. The molecule has 8 nitrogen and oxygen atoms in total. The Morgan fingerprint density at radius 3 is 3.00 bits per heavy atom. The molecule has 0 saturated heterocycles. The normalized spacial score (nSPS) is 15.2. The Morgan fingerprint density at radius 1 is 1.27 bits per heavy atom. The van der Waals surface area contributed by atoms with E-state index < -0.39 is 0 Å². The lowest BCUT2D eigenvalue weighted by Gasteiger charge is -2.26. The number of anilines is 1. The smallest absolute Gasteiger partial charge is 0.272 e. The van der Waals surface area contributed by atoms with Crippen LogP contribution in [-0.2, 0) is 6.54 Å². The molecule has 0 spiro atoms. The molecule has 0 aliphatic carbocycles. The monoisotopic (exact) mass is 404 g/mol. The number of para-hydroxylation sites is 2. The molecule has 1 atom stereocenters. The van der Waals surface area contributed by atoms with Crippen LogP contribution in [-0.4, -0.2) is 40.5 Å². The second-order valence-electron chi connectivity index (χ2n) is 7.04. The lowest BCUT2D eigenvalue weighted by Crippen LogP contribution is -2.33. The number of nitrogens with zero attached hydrogens (tertiary/aromatic N) is 2. The standard InChI is InChI=1S/C22H20N4O4/c1-28-16-7-6-14-8-19(25-18(14)9-16)22(27)24-15-10-23-26(11-15)12-17-13-29-20-4-2-3-5-21(20)30-17/h2-11,17,25H,12-13H2,1H3,(H,24,27). The van der Waals surface area contributed by atoms with E-state index in [1.54, 1.807) is 30.3 Å². The first-order valence-corrected chi connectivity index (χ1v) is 9.57. The fourth-order valence-electron chi connectivity index (χ4n) is 3.44. The number of rotatable bonds is 5. The molecule has 4 aromatic rings. The number of benzene rings is 2. The minimum absolute atomic E-state index is 0.160. The third-order valence-corrected chi connectivity index (χ3v) is 4.92. The van der Waals surface area contributed by atoms with Crippen LogP contribution >= 0.6 is 0 Å². The van der Waals surface area contributed by atoms with Crippen molar-refractivity contribution in [1.29, 1.82) is 0 Å². The van der Waals surface area contributed by atoms with Gasteiger partial charge in [-0.1, -0.05) is 12.1 Å². The largest absolute Gasteiger partial charge is 0.497 e. The second kappa shape index (κ2) is 7.47. The summed E-state index contributed by atoms with van der Waals surface area (Å²) in [5, 5.41) is 8.12. The summed E-state index contributed by atoms with van der Waals surface area (Å²) in [7, 11) is 1.61. The summed E-state index contributed by atoms with van der Waals surface area (Å²) in [5.41, 5.74) is 1.91. The predicted molar refractivity (Wildman–Crippen MR) is 111 cm³/mol. The van der Waals surface area contributed by atoms with Crippen LogP contribution in [0.25, 0.3) is 10.9 Å². The number of methoxy groups -OCH3 is 1. The molecule has 1 amide bonds. The van der Waals surface area contributed by atoms with Gasteiger partial charge < -0.3 is 24.5 Å². The average Bonchev–Trinajstić information content (AvgIpc) is 3.39. The van der Waals surface area contributed by atoms with Crippen molar-refractivity contribution in [2.75, 3.05) is 19.0 Å². The van der Waals surface area contributed by atoms with Crippen molar-refractivity contribution in [3.8, 4) is 17.2 Å². The van der Waals surface area contributed by atoms with E-state index in [1.165, 1.54) is 0 Å². The summed E-state index contributed by atoms with van der Waals surface area (Å²) >= 11 is 0. The van der Waals surface area contributed by atoms with Crippen molar-refractivity contribution >= 4 is 22.5 Å². The molecule has 1 aliphatic heterocycles. The van der Waals surface area contributed by atoms with E-state index in [9.17, 15) is 4.79 Å². The predicted octanol–water partition coefficient (Wildman–Crippen LogP) is 3.47. The molecule has 152 valence electrons. The molecule has 0 saturated carbocycles. The van der Waals surface area contributed by atoms with Gasteiger partial charge in [-0.25, -0.2) is 0 Å². The van der Waals surface area contributed by atoms with Crippen molar-refractivity contribution < 1.29 is 19.0 Å². The van der Waals surface area contributed by atoms with Crippen LogP contribution in [0.3, 0.4) is 0 Å². The Labute approximate surface area is 172 Å². The molecule has 1 aliphatic rings. The van der Waals surface area contributed by atoms with Gasteiger partial charge in [-0.2, -0.15) is 5.10 Å². The third-order valence-electron chi connectivity index (χ3n) is 4.92. The fraction of sp³-hybridized carbons (Fsp3) is 0.182. The Bertz CT molecular complexity index is 1210. The van der Waals surface area contributed by atoms with Gasteiger partial charge in [0.25, 0.3) is 5.91 Å². The van der Waals surface area contributed by atoms with Crippen molar-refractivity contribution in [2.24, 2.45) is 0 Å². The number of carbonyl (C=O) groups excluding carboxylic acids is 1. The highest BCUT2D eigenvalue weighted by Crippen LogP contribution is 2.31. The summed E-state index contributed by atoms with van der Waals surface area (Å²) in [6.07, 6.45) is 3.22. The van der Waals surface area contributed by atoms with Crippen LogP contribution in [0.4, 0.5) is 5.69 Å². The van der Waals surface area contributed by atoms with Gasteiger partial charge in [-0.05, 0) is 30.3 Å². The highest BCUT2D eigenvalue weighted by molar-refractivity contribution is 6.05. The van der Waals surface area contributed by atoms with Crippen LogP contribution in [0.15, 0.2) is 60.9 Å². The number of aromatic amines is 1. The number of hydrogen-bond acceptors (Lipinski definition) is 5. The maximum absolute atomic E-state index is 12.6. The molecule has 0 fully saturated rings. The molecule has 0 radical (unpaired) electrons. The summed E-state index contributed by atoms with van der Waals surface area (Å²) < 4.78 is 18.6. The number of amides is 1. The number of hydrogen-bond donors (Lipinski definition) is 2. The number of nitrogens with one attached hydrogen (secondary N) is 2. The number of ether oxygens (including phenoxy) is 3. The summed E-state index contributed by atoms with van der Waals surface area (Å²) in [6.45, 7) is 0.952. The number of aromatic nitrogens is 3. The lowest BCUT2D eigenvalue weighted by molar-refractivity contribution is 0.0759. The Balaban J connectivity index is 1.24. The molecule has 2 aromatic heterocycles. The van der Waals surface area contributed by atoms with Crippen molar-refractivity contribution in [3.05, 3.63) is 66.6 Å². The van der Waals surface area contributed by atoms with Gasteiger partial charge in [0.1, 0.15) is 18.1 Å². The molecule has 8 heteroatoms. The first-order chi connectivity index (χ1) is 14.7. The second-order valence-corrected chi connectivity index (χ2v) is 7.04. The number of carbonyl (C=O) groups is 1. The molecule has 2 aromatic carbocycles. The first kappa shape index (κ1) is 18.1. The average molecular weight is 404 g/mol. The van der Waals surface area contributed by atoms with Crippen LogP contribution in [0.2, 0.25) is 0 Å². The molecule has 1 unspecified atom stereocenters. The third kappa shape index (κ3) is 3.55. The van der Waals surface area contributed by atoms with E-state index in [-0.39, 0.29) is 12.0 Å². The minimum Gasteiger partial charge on any atom is -0.497 e. The Kier molecular flexibility index (Phi) is 4.51. The Morgan fingerprint density at radius 2 is 2.13 bits per heavy atom. The van der Waals surface area contributed by atoms with E-state index in [2.05, 4.69) is 15.4 Å². The maximum Gasteiger partial charge on any atom is 0.272 e. The molecule has 0 bridgehead atoms. The van der Waals surface area contributed by atoms with Gasteiger partial charge in [0.2, 0.25) is 0 Å². The fourth-order valence-corrected chi connectivity index (χ4v) is 3.44. The SMILES string of the molecule is COc1ccc2cc(C(=O)Nc3cnn(CC4COc5ccccc5O4)c3)[nH]c2c1. The highest BCUT2D eigenvalue weighted by Gasteiger charge is 2.21. The van der Waals surface area contributed by atoms with Crippen LogP contribution in [0.5, 0.6) is 17.2 Å². The van der Waals surface area contributed by atoms with Crippen molar-refractivity contribution in [2.45, 2.75) is 12.6 Å². The quantitative estimate of drug-likeness (QED) is 0.532. The summed E-state index contributed by atoms with van der Waals surface area (Å²) in [4.78, 5) is 15.7. The van der Waals surface area contributed by atoms with E-state index in [4.69, 9.17) is 14.2 Å². The molecular formula is C22H20N4O4. The molecule has 2 N–H and O–H groups in total. The van der Waals surface area contributed by atoms with Gasteiger partial charge in [0.15, 0.2) is 17.6 Å². The van der Waals surface area contributed by atoms with E-state index in [1.807, 2.05) is 42.5 Å². The number of fused-ring (bicyclic) bond motifs is 2. The van der Waals surface area contributed by atoms with Gasteiger partial charge in [0, 0.05) is 23.2 Å². The van der Waals surface area contributed by atoms with Crippen molar-refractivity contribution in [3.63, 3.8) is 0 Å². The first-order valence-electron chi connectivity index (χ1n) is 9.57. The summed E-state index contributed by atoms with van der Waals surface area (Å²) in [5.74, 6) is 1.97. The van der Waals surface area contributed by atoms with Crippen molar-refractivity contribution in [1.82, 2.24) is 14.8 Å². The lowest BCUT2D eigenvalue weighted by atomic mass is 10.2. The zero-order valence-corrected chi connectivity index (χ0v) is 16.3. The van der Waals surface area contributed by atoms with E-state index in [0.29, 0.717) is 24.5 Å². The minimum atomic E-state index is -0.240. The Hall–Kier alpha value is -3.94. The van der Waals surface area contributed by atoms with Gasteiger partial charge in [-0.3, -0.25) is 9.48 Å². The van der Waals surface area contributed by atoms with Crippen LogP contribution < -0.4 is 19.5 Å². The molecule has 5 rings (SSSR count). The zero-order valence-electron chi connectivity index (χ0n) is 16.3. The topological polar surface area (TPSA) is 90.4 Å². The van der Waals surface area contributed by atoms with E-state index >= 15 is 0 Å². The highest BCUT2D eigenvalue weighted by atomic mass is 16.6. The van der Waals surface area contributed by atoms with Crippen LogP contribution in [0, 0.1) is 0 Å². The zero-order chi connectivity index (χ0) is 20.5. The van der Waals surface area contributed by atoms with Gasteiger partial charge in [0.05, 0.1) is 25.5 Å². The van der Waals surface area contributed by atoms with Gasteiger partial charge in [-0.15, -0.1) is 0 Å². The molecular weight excluding hydrogens is 384 g/mol. The van der Waals surface area contributed by atoms with Crippen LogP contribution in [0.1, 0.15) is 10.5 Å².